The highest BCUT2D eigenvalue weighted by atomic mass is 35.5. The molecule has 0 aromatic heterocycles. The third kappa shape index (κ3) is 4.46. The summed E-state index contributed by atoms with van der Waals surface area (Å²) >= 11 is 5.98. The van der Waals surface area contributed by atoms with Crippen molar-refractivity contribution in [3.8, 4) is 5.75 Å². The van der Waals surface area contributed by atoms with Crippen molar-refractivity contribution in [3.63, 3.8) is 0 Å². The lowest BCUT2D eigenvalue weighted by atomic mass is 10.2. The van der Waals surface area contributed by atoms with Gasteiger partial charge in [0.1, 0.15) is 11.0 Å². The zero-order valence-electron chi connectivity index (χ0n) is 12.9. The van der Waals surface area contributed by atoms with E-state index in [1.54, 1.807) is 32.2 Å². The Morgan fingerprint density at radius 1 is 1.45 bits per heavy atom. The van der Waals surface area contributed by atoms with E-state index in [2.05, 4.69) is 5.32 Å². The second kappa shape index (κ2) is 7.97. The fraction of sp³-hybridized carbons (Fsp3) is 0.562. The maximum atomic E-state index is 12.5. The Bertz CT molecular complexity index is 558. The van der Waals surface area contributed by atoms with E-state index in [1.165, 1.54) is 0 Å². The number of halogens is 1. The summed E-state index contributed by atoms with van der Waals surface area (Å²) in [6.07, 6.45) is 4.35. The van der Waals surface area contributed by atoms with Gasteiger partial charge < -0.3 is 10.1 Å². The Balaban J connectivity index is 1.98. The van der Waals surface area contributed by atoms with Crippen LogP contribution in [0, 0.1) is 0 Å². The number of nitrogens with one attached hydrogen (secondary N) is 1. The molecule has 6 heteroatoms. The van der Waals surface area contributed by atoms with E-state index >= 15 is 0 Å². The molecular formula is C16H22ClNO3S. The van der Waals surface area contributed by atoms with Crippen LogP contribution in [-0.4, -0.2) is 28.5 Å². The number of rotatable bonds is 6. The van der Waals surface area contributed by atoms with Gasteiger partial charge in [-0.15, -0.1) is 0 Å². The molecule has 0 aliphatic heterocycles. The number of ether oxygens (including phenoxy) is 1. The van der Waals surface area contributed by atoms with Crippen LogP contribution in [0.15, 0.2) is 18.2 Å². The Labute approximate surface area is 139 Å². The molecule has 0 radical (unpaired) electrons. The first-order valence-electron chi connectivity index (χ1n) is 7.51. The number of benzene rings is 1. The monoisotopic (exact) mass is 343 g/mol. The van der Waals surface area contributed by atoms with Crippen LogP contribution < -0.4 is 10.1 Å². The molecule has 1 amide bonds. The highest BCUT2D eigenvalue weighted by molar-refractivity contribution is 7.85. The highest BCUT2D eigenvalue weighted by Crippen LogP contribution is 2.25. The third-order valence-corrected chi connectivity index (χ3v) is 5.84. The summed E-state index contributed by atoms with van der Waals surface area (Å²) in [7, 11) is 0.245. The van der Waals surface area contributed by atoms with Gasteiger partial charge in [-0.2, -0.15) is 0 Å². The molecule has 2 atom stereocenters. The molecule has 0 heterocycles. The molecule has 22 heavy (non-hydrogen) atoms. The standard InChI is InChI=1S/C16H22ClNO3S/c1-11(16(19)18-14-5-3-4-6-14)22(20)10-12-9-13(17)7-8-15(12)21-2/h7-9,11,14H,3-6,10H2,1-2H3,(H,18,19)/t11-,22+/m1/s1. The molecule has 0 unspecified atom stereocenters. The molecule has 1 saturated carbocycles. The van der Waals surface area contributed by atoms with Crippen LogP contribution in [0.25, 0.3) is 0 Å². The van der Waals surface area contributed by atoms with Crippen LogP contribution in [0.2, 0.25) is 5.02 Å². The van der Waals surface area contributed by atoms with Gasteiger partial charge in [-0.1, -0.05) is 24.4 Å². The van der Waals surface area contributed by atoms with Crippen molar-refractivity contribution >= 4 is 28.3 Å². The van der Waals surface area contributed by atoms with Crippen molar-refractivity contribution in [3.05, 3.63) is 28.8 Å². The summed E-state index contributed by atoms with van der Waals surface area (Å²) in [5.41, 5.74) is 0.758. The van der Waals surface area contributed by atoms with E-state index in [1.807, 2.05) is 0 Å². The summed E-state index contributed by atoms with van der Waals surface area (Å²) in [5, 5.41) is 3.01. The van der Waals surface area contributed by atoms with E-state index in [-0.39, 0.29) is 17.7 Å². The van der Waals surface area contributed by atoms with Gasteiger partial charge in [0, 0.05) is 27.4 Å². The summed E-state index contributed by atoms with van der Waals surface area (Å²) in [4.78, 5) is 12.2. The molecule has 2 rings (SSSR count). The van der Waals surface area contributed by atoms with Gasteiger partial charge in [0.25, 0.3) is 0 Å². The van der Waals surface area contributed by atoms with Crippen molar-refractivity contribution < 1.29 is 13.7 Å². The van der Waals surface area contributed by atoms with E-state index in [0.29, 0.717) is 10.8 Å². The van der Waals surface area contributed by atoms with Gasteiger partial charge in [0.05, 0.1) is 12.9 Å². The molecule has 4 nitrogen and oxygen atoms in total. The van der Waals surface area contributed by atoms with Crippen LogP contribution in [0.3, 0.4) is 0 Å². The lowest BCUT2D eigenvalue weighted by Gasteiger charge is -2.17. The van der Waals surface area contributed by atoms with Crippen LogP contribution >= 0.6 is 11.6 Å². The molecule has 1 fully saturated rings. The van der Waals surface area contributed by atoms with E-state index in [4.69, 9.17) is 16.3 Å². The minimum absolute atomic E-state index is 0.133. The number of hydrogen-bond acceptors (Lipinski definition) is 3. The molecule has 122 valence electrons. The number of carbonyl (C=O) groups excluding carboxylic acids is 1. The van der Waals surface area contributed by atoms with Crippen LogP contribution in [0.1, 0.15) is 38.2 Å². The molecule has 0 saturated heterocycles. The summed E-state index contributed by atoms with van der Waals surface area (Å²) in [6, 6.07) is 5.45. The SMILES string of the molecule is COc1ccc(Cl)cc1C[S@](=O)[C@H](C)C(=O)NC1CCCC1. The van der Waals surface area contributed by atoms with Gasteiger partial charge in [-0.05, 0) is 38.0 Å². The van der Waals surface area contributed by atoms with Gasteiger partial charge in [0.15, 0.2) is 0 Å². The Kier molecular flexibility index (Phi) is 6.26. The fourth-order valence-electron chi connectivity index (χ4n) is 2.65. The van der Waals surface area contributed by atoms with Crippen LogP contribution in [-0.2, 0) is 21.3 Å². The average molecular weight is 344 g/mol. The normalized spacial score (nSPS) is 18.0. The average Bonchev–Trinajstić information content (AvgIpc) is 2.99. The van der Waals surface area contributed by atoms with Crippen molar-refractivity contribution in [2.24, 2.45) is 0 Å². The molecule has 0 spiro atoms. The summed E-state index contributed by atoms with van der Waals surface area (Å²) < 4.78 is 17.7. The molecule has 1 aromatic rings. The van der Waals surface area contributed by atoms with E-state index in [9.17, 15) is 9.00 Å². The Morgan fingerprint density at radius 3 is 2.77 bits per heavy atom. The smallest absolute Gasteiger partial charge is 0.235 e. The molecule has 1 aromatic carbocycles. The Morgan fingerprint density at radius 2 is 2.14 bits per heavy atom. The number of amides is 1. The zero-order chi connectivity index (χ0) is 16.1. The zero-order valence-corrected chi connectivity index (χ0v) is 14.5. The van der Waals surface area contributed by atoms with Crippen LogP contribution in [0.4, 0.5) is 0 Å². The minimum Gasteiger partial charge on any atom is -0.496 e. The maximum absolute atomic E-state index is 12.5. The van der Waals surface area contributed by atoms with E-state index in [0.717, 1.165) is 31.2 Å². The first kappa shape index (κ1) is 17.3. The lowest BCUT2D eigenvalue weighted by molar-refractivity contribution is -0.121. The molecular weight excluding hydrogens is 322 g/mol. The third-order valence-electron chi connectivity index (χ3n) is 4.01. The number of methoxy groups -OCH3 is 1. The van der Waals surface area contributed by atoms with E-state index < -0.39 is 16.0 Å². The quantitative estimate of drug-likeness (QED) is 0.863. The summed E-state index contributed by atoms with van der Waals surface area (Å²) in [5.74, 6) is 0.760. The van der Waals surface area contributed by atoms with Crippen molar-refractivity contribution in [2.75, 3.05) is 7.11 Å². The molecule has 1 aliphatic carbocycles. The first-order chi connectivity index (χ1) is 10.5. The Hall–Kier alpha value is -1.07. The van der Waals surface area contributed by atoms with Gasteiger partial charge >= 0.3 is 0 Å². The van der Waals surface area contributed by atoms with Gasteiger partial charge in [0.2, 0.25) is 5.91 Å². The van der Waals surface area contributed by atoms with Crippen molar-refractivity contribution in [1.82, 2.24) is 5.32 Å². The highest BCUT2D eigenvalue weighted by Gasteiger charge is 2.25. The number of carbonyl (C=O) groups is 1. The topological polar surface area (TPSA) is 55.4 Å². The largest absolute Gasteiger partial charge is 0.496 e. The second-order valence-electron chi connectivity index (χ2n) is 5.61. The summed E-state index contributed by atoms with van der Waals surface area (Å²) in [6.45, 7) is 1.71. The number of hydrogen-bond donors (Lipinski definition) is 1. The van der Waals surface area contributed by atoms with Gasteiger partial charge in [-0.25, -0.2) is 0 Å². The minimum atomic E-state index is -1.32. The van der Waals surface area contributed by atoms with Gasteiger partial charge in [-0.3, -0.25) is 9.00 Å². The van der Waals surface area contributed by atoms with Crippen LogP contribution in [0.5, 0.6) is 5.75 Å². The molecule has 1 aliphatic rings. The second-order valence-corrected chi connectivity index (χ2v) is 7.81. The first-order valence-corrected chi connectivity index (χ1v) is 9.27. The molecule has 0 bridgehead atoms. The maximum Gasteiger partial charge on any atom is 0.235 e. The predicted molar refractivity (Wildman–Crippen MR) is 89.7 cm³/mol. The van der Waals surface area contributed by atoms with Crippen molar-refractivity contribution in [1.29, 1.82) is 0 Å². The predicted octanol–water partition coefficient (Wildman–Crippen LogP) is 3.04. The van der Waals surface area contributed by atoms with Crippen molar-refractivity contribution in [2.45, 2.75) is 49.7 Å². The molecule has 1 N–H and O–H groups in total. The lowest BCUT2D eigenvalue weighted by Crippen LogP contribution is -2.40. The fourth-order valence-corrected chi connectivity index (χ4v) is 3.93.